The van der Waals surface area contributed by atoms with E-state index in [2.05, 4.69) is 9.80 Å². The van der Waals surface area contributed by atoms with Gasteiger partial charge >= 0.3 is 0 Å². The fourth-order valence-electron chi connectivity index (χ4n) is 14.9. The van der Waals surface area contributed by atoms with Crippen molar-refractivity contribution in [2.45, 2.75) is 112 Å². The second-order valence-corrected chi connectivity index (χ2v) is 20.5. The molecule has 4 aliphatic rings. The Morgan fingerprint density at radius 3 is 0.761 bits per heavy atom. The zero-order chi connectivity index (χ0) is 52.7. The standard InChI is InChI=1S/C50H96N2O19/c1-27-42(63-2)36(25-61)32(21-57)38(43(27)64-3)51(41-33(22-58)37(26-62)46(67-6)50(71-10)49(41)70-9)15-13-11-12-14-16-52(39-30(19-55)28(17-53)34(23-59)44(65-4)47(39)68-7)40-31(20-56)29(18-54)35(24-60)45(66-5)48(40)69-8/h27-50,53-62H,11-26H2,1-10H3/t27-,28+,29+,30-,31+,32-,33+,34-,35+,36+,37+,38+,39+,40-,41-,42+,43+,44-,45-,46+,47-,48+,49+,50-/m1/s1. The molecule has 21 nitrogen and oxygen atoms in total. The van der Waals surface area contributed by atoms with E-state index in [0.29, 0.717) is 38.8 Å². The number of unbranched alkanes of at least 4 members (excludes halogenated alkanes) is 3. The van der Waals surface area contributed by atoms with Gasteiger partial charge in [-0.1, -0.05) is 19.8 Å². The highest BCUT2D eigenvalue weighted by atomic mass is 16.6. The molecule has 24 atom stereocenters. The van der Waals surface area contributed by atoms with Gasteiger partial charge in [0.15, 0.2) is 0 Å². The molecule has 0 spiro atoms. The summed E-state index contributed by atoms with van der Waals surface area (Å²) in [5, 5.41) is 110. The van der Waals surface area contributed by atoms with Crippen molar-refractivity contribution in [3.8, 4) is 0 Å². The lowest BCUT2D eigenvalue weighted by Crippen LogP contribution is -2.72. The van der Waals surface area contributed by atoms with E-state index < -0.39 is 138 Å². The molecule has 4 aliphatic carbocycles. The van der Waals surface area contributed by atoms with E-state index in [1.165, 1.54) is 14.2 Å². The summed E-state index contributed by atoms with van der Waals surface area (Å²) in [6.07, 6.45) is -3.23. The molecule has 10 N–H and O–H groups in total. The number of methoxy groups -OCH3 is 9. The predicted molar refractivity (Wildman–Crippen MR) is 259 cm³/mol. The van der Waals surface area contributed by atoms with Crippen LogP contribution in [0.25, 0.3) is 0 Å². The summed E-state index contributed by atoms with van der Waals surface area (Å²) in [7, 11) is 14.0. The quantitative estimate of drug-likeness (QED) is 0.0334. The summed E-state index contributed by atoms with van der Waals surface area (Å²) in [5.74, 6) is -6.04. The van der Waals surface area contributed by atoms with E-state index in [-0.39, 0.29) is 72.0 Å². The van der Waals surface area contributed by atoms with Crippen LogP contribution < -0.4 is 0 Å². The third-order valence-corrected chi connectivity index (χ3v) is 18.1. The summed E-state index contributed by atoms with van der Waals surface area (Å²) in [4.78, 5) is 4.40. The Morgan fingerprint density at radius 1 is 0.254 bits per heavy atom. The first-order valence-corrected chi connectivity index (χ1v) is 25.8. The highest BCUT2D eigenvalue weighted by Crippen LogP contribution is 2.48. The molecule has 0 aromatic carbocycles. The largest absolute Gasteiger partial charge is 0.396 e. The molecular formula is C50H96N2O19. The molecule has 0 saturated heterocycles. The van der Waals surface area contributed by atoms with Gasteiger partial charge in [0.1, 0.15) is 12.2 Å². The van der Waals surface area contributed by atoms with Gasteiger partial charge in [-0.15, -0.1) is 0 Å². The first-order chi connectivity index (χ1) is 34.4. The number of nitrogens with zero attached hydrogens (tertiary/aromatic N) is 2. The molecule has 0 aromatic heterocycles. The van der Waals surface area contributed by atoms with Crippen molar-refractivity contribution in [1.82, 2.24) is 9.80 Å². The van der Waals surface area contributed by atoms with Gasteiger partial charge in [-0.05, 0) is 37.8 Å². The van der Waals surface area contributed by atoms with E-state index in [1.54, 1.807) is 49.8 Å². The fraction of sp³-hybridized carbons (Fsp3) is 1.00. The normalized spacial score (nSPS) is 42.3. The number of hydrogen-bond donors (Lipinski definition) is 10. The van der Waals surface area contributed by atoms with Crippen LogP contribution in [0.15, 0.2) is 0 Å². The number of aliphatic hydroxyl groups excluding tert-OH is 10. The number of ether oxygens (including phenoxy) is 9. The minimum absolute atomic E-state index is 0.234. The van der Waals surface area contributed by atoms with Gasteiger partial charge in [0.25, 0.3) is 0 Å². The van der Waals surface area contributed by atoms with Gasteiger partial charge in [-0.2, -0.15) is 0 Å². The fourth-order valence-corrected chi connectivity index (χ4v) is 14.9. The van der Waals surface area contributed by atoms with Crippen LogP contribution in [0.2, 0.25) is 0 Å². The molecule has 0 aromatic rings. The summed E-state index contributed by atoms with van der Waals surface area (Å²) < 4.78 is 55.2. The minimum Gasteiger partial charge on any atom is -0.396 e. The van der Waals surface area contributed by atoms with Gasteiger partial charge in [0.2, 0.25) is 0 Å². The zero-order valence-corrected chi connectivity index (χ0v) is 44.2. The number of rotatable bonds is 30. The lowest BCUT2D eigenvalue weighted by molar-refractivity contribution is -0.230. The number of hydrogen-bond acceptors (Lipinski definition) is 21. The first-order valence-electron chi connectivity index (χ1n) is 25.8. The van der Waals surface area contributed by atoms with Crippen LogP contribution in [0.3, 0.4) is 0 Å². The van der Waals surface area contributed by atoms with E-state index in [4.69, 9.17) is 42.6 Å². The number of aliphatic hydroxyl groups is 10. The van der Waals surface area contributed by atoms with Crippen LogP contribution in [0.5, 0.6) is 0 Å². The maximum atomic E-state index is 11.3. The Morgan fingerprint density at radius 2 is 0.479 bits per heavy atom. The van der Waals surface area contributed by atoms with Crippen molar-refractivity contribution in [3.05, 3.63) is 0 Å². The van der Waals surface area contributed by atoms with Gasteiger partial charge in [0.05, 0.1) is 42.7 Å². The van der Waals surface area contributed by atoms with Crippen molar-refractivity contribution in [2.75, 3.05) is 143 Å². The molecule has 0 amide bonds. The molecule has 0 bridgehead atoms. The summed E-state index contributed by atoms with van der Waals surface area (Å²) in [5.41, 5.74) is 0. The van der Waals surface area contributed by atoms with Crippen molar-refractivity contribution in [2.24, 2.45) is 65.1 Å². The molecule has 4 saturated carbocycles. The Kier molecular flexibility index (Phi) is 27.2. The molecule has 4 fully saturated rings. The van der Waals surface area contributed by atoms with Gasteiger partial charge in [0, 0.05) is 207 Å². The van der Waals surface area contributed by atoms with Crippen molar-refractivity contribution < 1.29 is 93.7 Å². The minimum atomic E-state index is -0.738. The molecular weight excluding hydrogens is 933 g/mol. The van der Waals surface area contributed by atoms with E-state index in [1.807, 2.05) is 6.92 Å². The third kappa shape index (κ3) is 12.5. The summed E-state index contributed by atoms with van der Waals surface area (Å²) in [6.45, 7) is -0.469. The lowest BCUT2D eigenvalue weighted by atomic mass is 9.63. The molecule has 0 radical (unpaired) electrons. The average molecular weight is 1030 g/mol. The van der Waals surface area contributed by atoms with Crippen LogP contribution in [0.4, 0.5) is 0 Å². The Bertz CT molecular complexity index is 1340. The van der Waals surface area contributed by atoms with Gasteiger partial charge in [-0.25, -0.2) is 0 Å². The summed E-state index contributed by atoms with van der Waals surface area (Å²) in [6, 6.07) is -2.42. The monoisotopic (exact) mass is 1030 g/mol. The van der Waals surface area contributed by atoms with Gasteiger partial charge < -0.3 is 93.7 Å². The SMILES string of the molecule is CO[C@H]1[C@@H](OC)[C@H](N(CCCCCCN([C@@H]2[C@@H](CO)[C@H](CO)[C@H](CO)[C@@H](OC)[C@H]2OC)[C@H]2[C@H](CO)[C@H](CO)[C@@H](CO)[C@@H](OC)[C@@H]2OC)[C@H]2[C@H](CO)[C@H](CO)[C@@H](OC)[C@@H](C)[C@@H]2OC)[C@@H](CO)[C@H](CO)[C@@H]1OC. The Hall–Kier alpha value is -0.840. The van der Waals surface area contributed by atoms with E-state index >= 15 is 0 Å². The van der Waals surface area contributed by atoms with Gasteiger partial charge in [-0.3, -0.25) is 9.80 Å². The molecule has 420 valence electrons. The molecule has 0 aliphatic heterocycles. The molecule has 0 heterocycles. The van der Waals surface area contributed by atoms with Crippen LogP contribution in [-0.4, -0.2) is 283 Å². The van der Waals surface area contributed by atoms with Crippen LogP contribution in [-0.2, 0) is 42.6 Å². The third-order valence-electron chi connectivity index (χ3n) is 18.1. The predicted octanol–water partition coefficient (Wildman–Crippen LogP) is -2.46. The van der Waals surface area contributed by atoms with Crippen LogP contribution in [0, 0.1) is 65.1 Å². The molecule has 0 unspecified atom stereocenters. The smallest absolute Gasteiger partial charge is 0.111 e. The van der Waals surface area contributed by atoms with Crippen molar-refractivity contribution in [1.29, 1.82) is 0 Å². The van der Waals surface area contributed by atoms with Crippen LogP contribution >= 0.6 is 0 Å². The molecule has 4 rings (SSSR count). The summed E-state index contributed by atoms with van der Waals surface area (Å²) >= 11 is 0. The molecule has 71 heavy (non-hydrogen) atoms. The molecule has 21 heteroatoms. The van der Waals surface area contributed by atoms with Crippen molar-refractivity contribution in [3.63, 3.8) is 0 Å². The Balaban J connectivity index is 1.80. The maximum absolute atomic E-state index is 11.3. The van der Waals surface area contributed by atoms with Crippen LogP contribution in [0.1, 0.15) is 32.6 Å². The zero-order valence-electron chi connectivity index (χ0n) is 44.2. The second kappa shape index (κ2) is 30.8. The highest BCUT2D eigenvalue weighted by Gasteiger charge is 2.61. The lowest BCUT2D eigenvalue weighted by Gasteiger charge is -2.59. The Labute approximate surface area is 422 Å². The van der Waals surface area contributed by atoms with E-state index in [9.17, 15) is 51.1 Å². The highest BCUT2D eigenvalue weighted by molar-refractivity contribution is 5.11. The first kappa shape index (κ1) is 62.7. The average Bonchev–Trinajstić information content (AvgIpc) is 3.40. The second-order valence-electron chi connectivity index (χ2n) is 20.5. The van der Waals surface area contributed by atoms with Crippen molar-refractivity contribution >= 4 is 0 Å². The van der Waals surface area contributed by atoms with E-state index in [0.717, 1.165) is 0 Å². The maximum Gasteiger partial charge on any atom is 0.111 e. The topological polar surface area (TPSA) is 292 Å².